The summed E-state index contributed by atoms with van der Waals surface area (Å²) in [6.07, 6.45) is 4.63. The summed E-state index contributed by atoms with van der Waals surface area (Å²) in [6.45, 7) is 19.3. The van der Waals surface area contributed by atoms with Crippen molar-refractivity contribution >= 4 is 101 Å². The second-order valence-electron chi connectivity index (χ2n) is 31.2. The van der Waals surface area contributed by atoms with Gasteiger partial charge in [0.05, 0.1) is 33.4 Å². The molecule has 13 aromatic carbocycles. The lowest BCUT2D eigenvalue weighted by Crippen LogP contribution is -2.61. The molecule has 0 saturated carbocycles. The van der Waals surface area contributed by atoms with E-state index in [1.165, 1.54) is 151 Å². The Kier molecular flexibility index (Phi) is 13.1. The van der Waals surface area contributed by atoms with Gasteiger partial charge in [-0.25, -0.2) is 0 Å². The zero-order valence-electron chi connectivity index (χ0n) is 57.8. The number of anilines is 6. The van der Waals surface area contributed by atoms with Crippen LogP contribution in [0.2, 0.25) is 0 Å². The molecule has 4 heterocycles. The topological polar surface area (TPSA) is 16.3 Å². The van der Waals surface area contributed by atoms with Gasteiger partial charge in [0.15, 0.2) is 0 Å². The van der Waals surface area contributed by atoms with Crippen molar-refractivity contribution in [1.29, 1.82) is 0 Å². The second-order valence-corrected chi connectivity index (χ2v) is 31.2. The quantitative estimate of drug-likeness (QED) is 0.141. The van der Waals surface area contributed by atoms with Crippen LogP contribution in [0.15, 0.2) is 285 Å². The van der Waals surface area contributed by atoms with Gasteiger partial charge in [0, 0.05) is 77.9 Å². The minimum Gasteiger partial charge on any atom is -0.311 e. The van der Waals surface area contributed by atoms with Crippen LogP contribution in [-0.2, 0) is 21.7 Å². The van der Waals surface area contributed by atoms with Crippen LogP contribution < -0.4 is 26.2 Å². The summed E-state index contributed by atoms with van der Waals surface area (Å²) in [5.74, 6) is 0. The van der Waals surface area contributed by atoms with Crippen LogP contribution in [0.3, 0.4) is 0 Å². The molecule has 2 aliphatic carbocycles. The summed E-state index contributed by atoms with van der Waals surface area (Å²) in [4.78, 5) is 5.29. The van der Waals surface area contributed by atoms with Crippen molar-refractivity contribution < 1.29 is 0 Å². The minimum atomic E-state index is -0.227. The Morgan fingerprint density at radius 3 is 1.06 bits per heavy atom. The first-order valence-electron chi connectivity index (χ1n) is 35.8. The molecule has 0 bridgehead atoms. The minimum absolute atomic E-state index is 0.0308. The summed E-state index contributed by atoms with van der Waals surface area (Å²) in [5, 5.41) is 4.94. The summed E-state index contributed by atoms with van der Waals surface area (Å²) in [5.41, 5.74) is 33.5. The van der Waals surface area contributed by atoms with E-state index in [9.17, 15) is 0 Å². The van der Waals surface area contributed by atoms with E-state index in [0.29, 0.717) is 0 Å². The van der Waals surface area contributed by atoms with E-state index < -0.39 is 0 Å². The fourth-order valence-corrected chi connectivity index (χ4v) is 18.3. The van der Waals surface area contributed by atoms with E-state index in [1.54, 1.807) is 0 Å². The second kappa shape index (κ2) is 21.8. The molecule has 0 saturated heterocycles. The molecular formula is C94H79BN4. The molecule has 2 aromatic heterocycles. The Morgan fingerprint density at radius 1 is 0.263 bits per heavy atom. The zero-order chi connectivity index (χ0) is 66.8. The lowest BCUT2D eigenvalue weighted by atomic mass is 9.33. The van der Waals surface area contributed by atoms with Crippen LogP contribution >= 0.6 is 0 Å². The number of nitrogens with zero attached hydrogens (tertiary/aromatic N) is 4. The van der Waals surface area contributed by atoms with Gasteiger partial charge in [0.25, 0.3) is 6.71 Å². The number of hydrogen-bond acceptors (Lipinski definition) is 2. The maximum atomic E-state index is 2.64. The lowest BCUT2D eigenvalue weighted by Gasteiger charge is -2.45. The summed E-state index contributed by atoms with van der Waals surface area (Å²) in [7, 11) is 0. The number of aromatic nitrogens is 2. The van der Waals surface area contributed by atoms with Gasteiger partial charge in [-0.3, -0.25) is 0 Å². The van der Waals surface area contributed by atoms with Crippen LogP contribution in [0.1, 0.15) is 103 Å². The summed E-state index contributed by atoms with van der Waals surface area (Å²) in [6, 6.07) is 109. The highest BCUT2D eigenvalue weighted by Crippen LogP contribution is 2.54. The molecule has 15 aromatic rings. The van der Waals surface area contributed by atoms with Crippen LogP contribution in [-0.4, -0.2) is 15.8 Å². The molecule has 0 atom stereocenters. The molecule has 2 aliphatic heterocycles. The largest absolute Gasteiger partial charge is 0.311 e. The number of benzene rings is 13. The van der Waals surface area contributed by atoms with Crippen molar-refractivity contribution in [2.24, 2.45) is 0 Å². The maximum Gasteiger partial charge on any atom is 0.252 e. The lowest BCUT2D eigenvalue weighted by molar-refractivity contribution is 0.332. The Morgan fingerprint density at radius 2 is 0.616 bits per heavy atom. The molecule has 0 amide bonds. The maximum absolute atomic E-state index is 2.64. The van der Waals surface area contributed by atoms with Crippen molar-refractivity contribution in [2.45, 2.75) is 103 Å². The molecule has 99 heavy (non-hydrogen) atoms. The highest BCUT2D eigenvalue weighted by Gasteiger charge is 2.46. The standard InChI is InChI=1S/C94H79BN4/c1-91(2)52-54-93(5,6)76-56-62(44-48-74(76)91)66-30-15-19-38-80(66)98-84-50-46-64(96-82-40-21-17-32-70(82)72-36-23-34-68(89(72)96)60-26-11-9-12-27-60)58-78(84)95-79-59-65(97-83-41-22-18-33-71(83)73-37-24-35-69(90(73)97)61-28-13-10-14-29-61)47-51-85(79)99(87-43-25-42-86(98)88(87)95)81-39-20-16-31-67(81)63-45-49-75-77(57-63)94(7,8)55-53-92(75,3)4/h9-51,56-59H,52-55H2,1-8H3. The number of para-hydroxylation sites is 6. The van der Waals surface area contributed by atoms with Crippen molar-refractivity contribution in [3.8, 4) is 55.9 Å². The molecule has 5 heteroatoms. The van der Waals surface area contributed by atoms with Crippen LogP contribution in [0.4, 0.5) is 34.1 Å². The third-order valence-corrected chi connectivity index (χ3v) is 23.6. The first-order chi connectivity index (χ1) is 48.1. The van der Waals surface area contributed by atoms with Crippen molar-refractivity contribution in [2.75, 3.05) is 9.80 Å². The van der Waals surface area contributed by atoms with Gasteiger partial charge in [-0.2, -0.15) is 0 Å². The summed E-state index contributed by atoms with van der Waals surface area (Å²) >= 11 is 0. The van der Waals surface area contributed by atoms with Crippen LogP contribution in [0, 0.1) is 0 Å². The average Bonchev–Trinajstić information content (AvgIpc) is 0.714. The zero-order valence-corrected chi connectivity index (χ0v) is 57.8. The molecule has 0 radical (unpaired) electrons. The van der Waals surface area contributed by atoms with Gasteiger partial charge in [0.2, 0.25) is 0 Å². The smallest absolute Gasteiger partial charge is 0.252 e. The number of fused-ring (bicyclic) bond motifs is 12. The van der Waals surface area contributed by atoms with Gasteiger partial charge >= 0.3 is 0 Å². The normalized spacial score (nSPS) is 16.0. The molecule has 19 rings (SSSR count). The van der Waals surface area contributed by atoms with E-state index >= 15 is 0 Å². The fourth-order valence-electron chi connectivity index (χ4n) is 18.3. The Labute approximate surface area is 582 Å². The average molecular weight is 1280 g/mol. The molecule has 0 unspecified atom stereocenters. The van der Waals surface area contributed by atoms with Crippen molar-refractivity contribution in [1.82, 2.24) is 9.13 Å². The molecule has 4 nitrogen and oxygen atoms in total. The SMILES string of the molecule is CC1(C)CCC(C)(C)c2cc(-c3ccccc3N3c4ccc(-n5c6ccccc6c6cccc(-c7ccccc7)c65)cc4B4c5cc(-n6c7ccccc7c7cccc(-c8ccccc8)c76)ccc5N(c5ccccc5-c5ccc6c(c5)C(C)(C)CCC6(C)C)c5cccc3c54)ccc21. The van der Waals surface area contributed by atoms with E-state index in [4.69, 9.17) is 0 Å². The number of hydrogen-bond donors (Lipinski definition) is 0. The van der Waals surface area contributed by atoms with E-state index in [1.807, 2.05) is 0 Å². The fraction of sp³-hybridized carbons (Fsp3) is 0.170. The van der Waals surface area contributed by atoms with Crippen LogP contribution in [0.5, 0.6) is 0 Å². The van der Waals surface area contributed by atoms with E-state index in [-0.39, 0.29) is 28.4 Å². The van der Waals surface area contributed by atoms with E-state index in [2.05, 4.69) is 359 Å². The summed E-state index contributed by atoms with van der Waals surface area (Å²) < 4.78 is 5.13. The number of rotatable bonds is 8. The van der Waals surface area contributed by atoms with Crippen LogP contribution in [0.25, 0.3) is 99.5 Å². The molecule has 0 N–H and O–H groups in total. The highest BCUT2D eigenvalue weighted by molar-refractivity contribution is 7.00. The molecule has 478 valence electrons. The van der Waals surface area contributed by atoms with Gasteiger partial charge in [-0.15, -0.1) is 0 Å². The Hall–Kier alpha value is -10.9. The molecular weight excluding hydrogens is 1200 g/mol. The highest BCUT2D eigenvalue weighted by atomic mass is 15.2. The van der Waals surface area contributed by atoms with Crippen molar-refractivity contribution in [3.63, 3.8) is 0 Å². The van der Waals surface area contributed by atoms with Gasteiger partial charge < -0.3 is 18.9 Å². The molecule has 0 fully saturated rings. The first kappa shape index (κ1) is 59.4. The van der Waals surface area contributed by atoms with E-state index in [0.717, 1.165) is 47.0 Å². The predicted molar refractivity (Wildman–Crippen MR) is 421 cm³/mol. The Balaban J connectivity index is 0.922. The molecule has 0 spiro atoms. The van der Waals surface area contributed by atoms with Crippen molar-refractivity contribution in [3.05, 3.63) is 307 Å². The monoisotopic (exact) mass is 1270 g/mol. The van der Waals surface area contributed by atoms with Gasteiger partial charge in [0.1, 0.15) is 0 Å². The Bertz CT molecular complexity index is 5490. The predicted octanol–water partition coefficient (Wildman–Crippen LogP) is 23.3. The molecule has 4 aliphatic rings. The third-order valence-electron chi connectivity index (χ3n) is 23.6. The first-order valence-corrected chi connectivity index (χ1v) is 35.8. The third kappa shape index (κ3) is 8.98. The van der Waals surface area contributed by atoms with Gasteiger partial charge in [-0.1, -0.05) is 268 Å². The van der Waals surface area contributed by atoms with Gasteiger partial charge in [-0.05, 0) is 181 Å².